The first kappa shape index (κ1) is 53.0. The number of anilines is 2. The Morgan fingerprint density at radius 1 is 0.390 bits per heavy atom. The van der Waals surface area contributed by atoms with E-state index in [0.29, 0.717) is 6.67 Å². The number of para-hydroxylation sites is 1. The van der Waals surface area contributed by atoms with E-state index in [1.165, 1.54) is 72.4 Å². The van der Waals surface area contributed by atoms with Crippen LogP contribution >= 0.6 is 0 Å². The van der Waals surface area contributed by atoms with Gasteiger partial charge in [-0.05, 0) is 115 Å². The minimum Gasteiger partial charge on any atom is -0.457 e. The number of fused-ring (bicyclic) bond motifs is 3. The van der Waals surface area contributed by atoms with Crippen molar-refractivity contribution in [2.45, 2.75) is 143 Å². The molecule has 0 atom stereocenters. The highest BCUT2D eigenvalue weighted by Gasteiger charge is 2.47. The van der Waals surface area contributed by atoms with Gasteiger partial charge in [0.25, 0.3) is 0 Å². The molecule has 0 fully saturated rings. The van der Waals surface area contributed by atoms with Crippen LogP contribution in [0.3, 0.4) is 0 Å². The summed E-state index contributed by atoms with van der Waals surface area (Å²) in [5, 5.41) is 2.43. The molecular weight excluding hydrogens is 937 g/mol. The molecule has 1 aliphatic rings. The van der Waals surface area contributed by atoms with Crippen LogP contribution in [0, 0.1) is 0 Å². The maximum Gasteiger partial charge on any atom is 0.137 e. The van der Waals surface area contributed by atoms with Gasteiger partial charge in [0.05, 0.1) is 29.1 Å². The van der Waals surface area contributed by atoms with Crippen molar-refractivity contribution in [2.75, 3.05) is 16.5 Å². The Balaban J connectivity index is 1.23. The third kappa shape index (κ3) is 10.1. The summed E-state index contributed by atoms with van der Waals surface area (Å²) in [6.45, 7) is 37.9. The van der Waals surface area contributed by atoms with Gasteiger partial charge in [0.1, 0.15) is 17.3 Å². The summed E-state index contributed by atoms with van der Waals surface area (Å²) >= 11 is 0. The number of rotatable bonds is 10. The van der Waals surface area contributed by atoms with Crippen LogP contribution in [0.4, 0.5) is 11.4 Å². The Bertz CT molecular complexity index is 3660. The Kier molecular flexibility index (Phi) is 13.3. The molecule has 0 unspecified atom stereocenters. The molecule has 10 rings (SSSR count). The van der Waals surface area contributed by atoms with Crippen molar-refractivity contribution in [3.8, 4) is 28.4 Å². The SMILES string of the molecule is CC(C)(C)c1cc(Oc2cc(C(C)(C)C)c3c4ccccc4n(-c4cc(C(C)(C)C)ccn4)c3c2)cc(N2CN(c3cc(-c4ccccc4)cc(C(C)(C)C)c3)C(C(C)(C)c3ccccc3)=C2C(C)(C)c2ccccc2)c1. The summed E-state index contributed by atoms with van der Waals surface area (Å²) in [6, 6.07) is 65.0. The van der Waals surface area contributed by atoms with E-state index in [1.54, 1.807) is 0 Å². The molecule has 3 heterocycles. The molecular formula is C72H80N4O. The first-order valence-corrected chi connectivity index (χ1v) is 27.7. The van der Waals surface area contributed by atoms with Crippen LogP contribution in [-0.2, 0) is 32.5 Å². The normalized spacial score (nSPS) is 14.1. The molecule has 1 aliphatic heterocycles. The number of benzene rings is 7. The van der Waals surface area contributed by atoms with Gasteiger partial charge in [-0.15, -0.1) is 0 Å². The van der Waals surface area contributed by atoms with E-state index >= 15 is 0 Å². The fraction of sp³-hybridized carbons (Fsp3) is 0.319. The third-order valence-corrected chi connectivity index (χ3v) is 16.1. The molecule has 0 radical (unpaired) electrons. The lowest BCUT2D eigenvalue weighted by Gasteiger charge is -2.38. The lowest BCUT2D eigenvalue weighted by atomic mass is 9.73. The number of aromatic nitrogens is 2. The van der Waals surface area contributed by atoms with Crippen LogP contribution in [0.25, 0.3) is 38.8 Å². The second-order valence-electron chi connectivity index (χ2n) is 26.7. The van der Waals surface area contributed by atoms with Crippen molar-refractivity contribution in [3.05, 3.63) is 227 Å². The lowest BCUT2D eigenvalue weighted by molar-refractivity contribution is 0.475. The Hall–Kier alpha value is -7.37. The van der Waals surface area contributed by atoms with Crippen molar-refractivity contribution in [1.29, 1.82) is 0 Å². The topological polar surface area (TPSA) is 33.5 Å². The molecule has 394 valence electrons. The molecule has 9 aromatic rings. The van der Waals surface area contributed by atoms with Gasteiger partial charge >= 0.3 is 0 Å². The molecule has 0 N–H and O–H groups in total. The molecule has 0 aliphatic carbocycles. The molecule has 5 nitrogen and oxygen atoms in total. The number of allylic oxidation sites excluding steroid dienone is 2. The summed E-state index contributed by atoms with van der Waals surface area (Å²) in [7, 11) is 0. The number of pyridine rings is 1. The molecule has 2 aromatic heterocycles. The van der Waals surface area contributed by atoms with Gasteiger partial charge in [0.15, 0.2) is 0 Å². The van der Waals surface area contributed by atoms with Crippen molar-refractivity contribution >= 4 is 33.2 Å². The highest BCUT2D eigenvalue weighted by atomic mass is 16.5. The van der Waals surface area contributed by atoms with Gasteiger partial charge in [-0.25, -0.2) is 4.98 Å². The number of hydrogen-bond acceptors (Lipinski definition) is 4. The van der Waals surface area contributed by atoms with E-state index in [2.05, 4.69) is 301 Å². The van der Waals surface area contributed by atoms with Gasteiger partial charge in [-0.1, -0.05) is 226 Å². The molecule has 7 aromatic carbocycles. The lowest BCUT2D eigenvalue weighted by Crippen LogP contribution is -2.35. The fourth-order valence-corrected chi connectivity index (χ4v) is 11.5. The van der Waals surface area contributed by atoms with E-state index < -0.39 is 10.8 Å². The molecule has 0 saturated heterocycles. The average molecular weight is 1020 g/mol. The standard InChI is InChI=1S/C72H80N4O/c1-67(2,3)52-36-37-73-63(43-52)76-61-35-27-26-34-59(61)64-60(70(10,11)12)45-58(46-62(64)76)77-57-42-54(69(7,8)9)41-56(44-57)75-47-74(55-39-49(48-28-20-17-21-29-48)38-53(40-55)68(4,5)6)65(71(13,14)50-30-22-18-23-31-50)66(75)72(15,16)51-32-24-19-25-33-51/h17-46H,47H2,1-16H3. The molecule has 0 spiro atoms. The Labute approximate surface area is 460 Å². The van der Waals surface area contributed by atoms with Crippen LogP contribution < -0.4 is 14.5 Å². The third-order valence-electron chi connectivity index (χ3n) is 16.1. The smallest absolute Gasteiger partial charge is 0.137 e. The summed E-state index contributed by atoms with van der Waals surface area (Å²) in [5.41, 5.74) is 15.4. The molecule has 5 heteroatoms. The van der Waals surface area contributed by atoms with E-state index in [9.17, 15) is 0 Å². The minimum atomic E-state index is -0.460. The molecule has 0 saturated carbocycles. The van der Waals surface area contributed by atoms with Crippen LogP contribution in [0.2, 0.25) is 0 Å². The van der Waals surface area contributed by atoms with Gasteiger partial charge in [0, 0.05) is 51.3 Å². The van der Waals surface area contributed by atoms with Crippen LogP contribution in [0.15, 0.2) is 194 Å². The highest BCUT2D eigenvalue weighted by Crippen LogP contribution is 2.52. The van der Waals surface area contributed by atoms with Gasteiger partial charge in [-0.3, -0.25) is 4.57 Å². The Morgan fingerprint density at radius 2 is 0.883 bits per heavy atom. The second-order valence-corrected chi connectivity index (χ2v) is 26.7. The zero-order valence-electron chi connectivity index (χ0n) is 48.7. The van der Waals surface area contributed by atoms with Gasteiger partial charge < -0.3 is 14.5 Å². The number of ether oxygens (including phenoxy) is 1. The monoisotopic (exact) mass is 1020 g/mol. The summed E-state index contributed by atoms with van der Waals surface area (Å²) in [6.07, 6.45) is 1.96. The number of hydrogen-bond donors (Lipinski definition) is 0. The first-order chi connectivity index (χ1) is 36.2. The van der Waals surface area contributed by atoms with Crippen molar-refractivity contribution in [2.24, 2.45) is 0 Å². The van der Waals surface area contributed by atoms with E-state index in [0.717, 1.165) is 34.0 Å². The van der Waals surface area contributed by atoms with Gasteiger partial charge in [-0.2, -0.15) is 0 Å². The second kappa shape index (κ2) is 19.3. The molecule has 0 amide bonds. The largest absolute Gasteiger partial charge is 0.457 e. The van der Waals surface area contributed by atoms with Crippen LogP contribution in [0.5, 0.6) is 11.5 Å². The maximum absolute atomic E-state index is 7.43. The predicted molar refractivity (Wildman–Crippen MR) is 328 cm³/mol. The zero-order valence-corrected chi connectivity index (χ0v) is 48.7. The summed E-state index contributed by atoms with van der Waals surface area (Å²) in [4.78, 5) is 10.3. The molecule has 77 heavy (non-hydrogen) atoms. The van der Waals surface area contributed by atoms with Crippen molar-refractivity contribution in [3.63, 3.8) is 0 Å². The van der Waals surface area contributed by atoms with E-state index in [4.69, 9.17) is 9.72 Å². The van der Waals surface area contributed by atoms with E-state index in [-0.39, 0.29) is 21.7 Å². The highest BCUT2D eigenvalue weighted by molar-refractivity contribution is 6.11. The zero-order chi connectivity index (χ0) is 55.0. The van der Waals surface area contributed by atoms with E-state index in [1.807, 2.05) is 6.20 Å². The molecule has 0 bridgehead atoms. The first-order valence-electron chi connectivity index (χ1n) is 27.7. The quantitative estimate of drug-likeness (QED) is 0.137. The van der Waals surface area contributed by atoms with Crippen LogP contribution in [0.1, 0.15) is 144 Å². The maximum atomic E-state index is 7.43. The summed E-state index contributed by atoms with van der Waals surface area (Å²) in [5.74, 6) is 2.48. The van der Waals surface area contributed by atoms with Gasteiger partial charge in [0.2, 0.25) is 0 Å². The van der Waals surface area contributed by atoms with Crippen molar-refractivity contribution in [1.82, 2.24) is 9.55 Å². The minimum absolute atomic E-state index is 0.0472. The fourth-order valence-electron chi connectivity index (χ4n) is 11.5. The average Bonchev–Trinajstić information content (AvgIpc) is 4.22. The number of nitrogens with zero attached hydrogens (tertiary/aromatic N) is 4. The van der Waals surface area contributed by atoms with Crippen LogP contribution in [-0.4, -0.2) is 16.2 Å². The predicted octanol–water partition coefficient (Wildman–Crippen LogP) is 19.3. The summed E-state index contributed by atoms with van der Waals surface area (Å²) < 4.78 is 9.77. The Morgan fingerprint density at radius 3 is 1.43 bits per heavy atom. The van der Waals surface area contributed by atoms with Crippen molar-refractivity contribution < 1.29 is 4.74 Å².